The van der Waals surface area contributed by atoms with Gasteiger partial charge in [0.15, 0.2) is 19.7 Å². The van der Waals surface area contributed by atoms with Crippen molar-refractivity contribution in [2.24, 2.45) is 0 Å². The molecule has 0 amide bonds. The number of anilines is 1. The van der Waals surface area contributed by atoms with Gasteiger partial charge in [-0.1, -0.05) is 149 Å². The third kappa shape index (κ3) is 66.3. The average molecular weight is 1550 g/mol. The average Bonchev–Trinajstić information content (AvgIpc) is 1.50. The predicted octanol–water partition coefficient (Wildman–Crippen LogP) is 18.8. The highest BCUT2D eigenvalue weighted by molar-refractivity contribution is 8.00. The lowest BCUT2D eigenvalue weighted by Crippen LogP contribution is -2.47. The summed E-state index contributed by atoms with van der Waals surface area (Å²) in [6, 6.07) is 16.0. The largest absolute Gasteiger partial charge is 0.372 e. The molecule has 1 aromatic rings. The fourth-order valence-electron chi connectivity index (χ4n) is 10.9. The number of piperidine rings is 1. The maximum Gasteiger partial charge on any atom is 0.164 e. The summed E-state index contributed by atoms with van der Waals surface area (Å²) in [7, 11) is -0.693. The Balaban J connectivity index is -0.000000136. The Labute approximate surface area is 657 Å². The van der Waals surface area contributed by atoms with Crippen LogP contribution in [-0.4, -0.2) is 291 Å². The Morgan fingerprint density at radius 3 is 0.827 bits per heavy atom. The van der Waals surface area contributed by atoms with E-state index in [1.165, 1.54) is 129 Å². The van der Waals surface area contributed by atoms with Crippen LogP contribution in [0, 0.1) is 0 Å². The number of piperazine rings is 1. The van der Waals surface area contributed by atoms with Crippen molar-refractivity contribution in [3.8, 4) is 0 Å². The predicted molar refractivity (Wildman–Crippen MR) is 481 cm³/mol. The highest BCUT2D eigenvalue weighted by atomic mass is 32.2. The van der Waals surface area contributed by atoms with Crippen LogP contribution >= 0.6 is 0 Å². The Morgan fingerprint density at radius 1 is 0.308 bits per heavy atom. The monoisotopic (exact) mass is 1540 g/mol. The molecule has 8 saturated heterocycles. The van der Waals surface area contributed by atoms with Crippen LogP contribution in [0.2, 0.25) is 0 Å². The normalized spacial score (nSPS) is 19.2. The van der Waals surface area contributed by atoms with Crippen LogP contribution in [0.5, 0.6) is 0 Å². The number of hydrazine groups is 1. The van der Waals surface area contributed by atoms with Crippen molar-refractivity contribution in [3.63, 3.8) is 0 Å². The van der Waals surface area contributed by atoms with Crippen molar-refractivity contribution in [3.05, 3.63) is 30.3 Å². The number of likely N-dealkylation sites (N-methyl/N-ethyl adjacent to an activating group) is 1. The van der Waals surface area contributed by atoms with Crippen molar-refractivity contribution in [2.45, 2.75) is 355 Å². The summed E-state index contributed by atoms with van der Waals surface area (Å²) in [5, 5.41) is 4.71. The zero-order chi connectivity index (χ0) is 83.4. The maximum absolute atomic E-state index is 11.4. The summed E-state index contributed by atoms with van der Waals surface area (Å²) < 4.78 is 55.5. The number of sulfone groups is 2. The van der Waals surface area contributed by atoms with E-state index in [1.807, 2.05) is 168 Å². The summed E-state index contributed by atoms with van der Waals surface area (Å²) >= 11 is 0. The summed E-state index contributed by atoms with van der Waals surface area (Å²) in [6.07, 6.45) is 10.6. The van der Waals surface area contributed by atoms with Crippen LogP contribution in [0.3, 0.4) is 0 Å². The minimum atomic E-state index is -2.75. The molecule has 0 radical (unpaired) electrons. The maximum atomic E-state index is 11.4. The fourth-order valence-corrected chi connectivity index (χ4v) is 15.4. The molecule has 1 aromatic carbocycles. The lowest BCUT2D eigenvalue weighted by Gasteiger charge is -2.34. The van der Waals surface area contributed by atoms with E-state index in [4.69, 9.17) is 0 Å². The molecule has 8 fully saturated rings. The second-order valence-corrected chi connectivity index (χ2v) is 34.9. The van der Waals surface area contributed by atoms with E-state index in [0.717, 1.165) is 61.7 Å². The Hall–Kier alpha value is -1.46. The minimum Gasteiger partial charge on any atom is -0.372 e. The molecule has 0 spiro atoms. The van der Waals surface area contributed by atoms with Crippen LogP contribution < -0.4 is 4.90 Å². The van der Waals surface area contributed by atoms with Crippen molar-refractivity contribution in [1.29, 1.82) is 0 Å². The lowest BCUT2D eigenvalue weighted by atomic mass is 10.1. The molecule has 0 saturated carbocycles. The molecular weight excluding hydrogens is 1350 g/mol. The van der Waals surface area contributed by atoms with Gasteiger partial charge in [0.25, 0.3) is 0 Å². The molecule has 0 aliphatic carbocycles. The Morgan fingerprint density at radius 2 is 0.587 bits per heavy atom. The third-order valence-electron chi connectivity index (χ3n) is 17.7. The number of para-hydroxylation sites is 1. The number of hydrogen-bond acceptors (Lipinski definition) is 16. The number of benzene rings is 1. The van der Waals surface area contributed by atoms with Crippen LogP contribution in [0.25, 0.3) is 0 Å². The van der Waals surface area contributed by atoms with Gasteiger partial charge >= 0.3 is 0 Å². The van der Waals surface area contributed by atoms with E-state index in [-0.39, 0.29) is 11.8 Å². The topological polar surface area (TPSA) is 121 Å². The molecule has 0 unspecified atom stereocenters. The molecule has 8 aliphatic heterocycles. The highest BCUT2D eigenvalue weighted by Crippen LogP contribution is 2.16. The van der Waals surface area contributed by atoms with Gasteiger partial charge in [0.2, 0.25) is 0 Å². The quantitative estimate of drug-likeness (QED) is 0.206. The van der Waals surface area contributed by atoms with E-state index in [9.17, 15) is 21.0 Å². The van der Waals surface area contributed by atoms with Gasteiger partial charge < -0.3 is 24.5 Å². The Kier molecular flexibility index (Phi) is 90.9. The summed E-state index contributed by atoms with van der Waals surface area (Å²) in [4.78, 5) is 21.0. The summed E-state index contributed by atoms with van der Waals surface area (Å²) in [5.41, 5.74) is 1.28. The molecule has 0 N–H and O–H groups in total. The highest BCUT2D eigenvalue weighted by Gasteiger charge is 2.27. The van der Waals surface area contributed by atoms with E-state index < -0.39 is 29.2 Å². The van der Waals surface area contributed by atoms with E-state index in [2.05, 4.69) is 193 Å². The molecule has 8 heterocycles. The first-order valence-electron chi connectivity index (χ1n) is 42.9. The lowest BCUT2D eigenvalue weighted by molar-refractivity contribution is 0.0242. The molecule has 0 atom stereocenters. The second-order valence-electron chi connectivity index (χ2n) is 27.8. The summed E-state index contributed by atoms with van der Waals surface area (Å²) in [6.45, 7) is 94.4. The van der Waals surface area contributed by atoms with Crippen molar-refractivity contribution < 1.29 is 21.0 Å². The molecule has 0 bridgehead atoms. The number of likely N-dealkylation sites (tertiary alicyclic amines) is 3. The number of rotatable bonds is 10. The first kappa shape index (κ1) is 121. The molecule has 16 nitrogen and oxygen atoms in total. The SMILES string of the molecule is C=S1(=O)CCN(C(C)C)CC1.CC.CC.CC.CC.CC.CC.CC.CC.CC.CC(C)N(C)c1ccccc1.CC(C)N1CCC1.CC(C)N1CCCC1.CC(C)N1CCCCC1.CC(C)N1CCCN1C.CC(C)N1CCCS(=O)(=O)C1.CC(C)N1CCN(C)CC1.CC(C)N1CCS(=O)(=O)C1. The molecule has 636 valence electrons. The standard InChI is InChI=1S/C10H15N.C8H18N2.C8H17NOS.C8H17N.C7H16N2.C7H15NO2S.C7H15N.C6H13NO2S.C6H13N.9C2H6/c1-9(2)11(3)10-7-5-4-6-8-10;1-8(2)10-6-4-9(3)5-7-10;1-8(2)9-4-6-11(3,10)7-5-9;1-8(2)9-6-4-3-5-7-9;1-7(2)9-6-4-5-8(9)3;1-7(2)8-4-3-5-11(9,10)6-8;1-7(2)8-5-3-4-6-8;1-6(2)7-3-4-10(8,9)5-7;1-6(2)7-4-3-5-7;9*1-2/h4-9H,1-3H3;8H,4-7H2,1-3H3;8H,3-7H2,1-2H3;8H,3-7H2,1-2H3;7H,4-6H2,1-3H3;7H,3-6H2,1-2H3;7H,3-6H2,1-2H3;6H,3-5H2,1-2H3;6H,3-5H2,1-2H3;9*1-2H3. The fraction of sp³-hybridized carbons (Fsp3) is 0.918. The molecular formula is C85H193N11O5S3. The molecule has 0 aromatic heterocycles. The smallest absolute Gasteiger partial charge is 0.164 e. The van der Waals surface area contributed by atoms with E-state index in [0.29, 0.717) is 48.3 Å². The Bertz CT molecular complexity index is 2170. The van der Waals surface area contributed by atoms with Crippen molar-refractivity contribution in [1.82, 2.24) is 49.2 Å². The second kappa shape index (κ2) is 78.2. The van der Waals surface area contributed by atoms with Crippen molar-refractivity contribution >= 4 is 40.8 Å². The molecule has 9 rings (SSSR count). The van der Waals surface area contributed by atoms with Gasteiger partial charge in [-0.15, -0.1) is 0 Å². The first-order chi connectivity index (χ1) is 49.1. The van der Waals surface area contributed by atoms with Gasteiger partial charge in [0.05, 0.1) is 11.5 Å². The van der Waals surface area contributed by atoms with Crippen LogP contribution in [0.15, 0.2) is 30.3 Å². The van der Waals surface area contributed by atoms with Gasteiger partial charge in [-0.2, -0.15) is 0 Å². The minimum absolute atomic E-state index is 0.255. The molecule has 8 aliphatic rings. The van der Waals surface area contributed by atoms with Crippen LogP contribution in [0.4, 0.5) is 5.69 Å². The zero-order valence-electron chi connectivity index (χ0n) is 77.7. The van der Waals surface area contributed by atoms with Gasteiger partial charge in [-0.25, -0.2) is 26.9 Å². The molecule has 104 heavy (non-hydrogen) atoms. The van der Waals surface area contributed by atoms with E-state index in [1.54, 1.807) is 0 Å². The number of nitrogens with zero attached hydrogens (tertiary/aromatic N) is 11. The van der Waals surface area contributed by atoms with Gasteiger partial charge in [-0.05, 0) is 243 Å². The van der Waals surface area contributed by atoms with Gasteiger partial charge in [-0.3, -0.25) is 23.8 Å². The van der Waals surface area contributed by atoms with E-state index >= 15 is 0 Å². The summed E-state index contributed by atoms with van der Waals surface area (Å²) in [5.74, 6) is 6.51. The van der Waals surface area contributed by atoms with Gasteiger partial charge in [0, 0.05) is 151 Å². The number of hydrogen-bond donors (Lipinski definition) is 0. The third-order valence-corrected chi connectivity index (χ3v) is 22.7. The molecule has 19 heteroatoms. The zero-order valence-corrected chi connectivity index (χ0v) is 80.1. The van der Waals surface area contributed by atoms with Crippen LogP contribution in [-0.2, 0) is 29.2 Å². The first-order valence-corrected chi connectivity index (χ1v) is 48.6. The van der Waals surface area contributed by atoms with Crippen LogP contribution in [0.1, 0.15) is 301 Å². The van der Waals surface area contributed by atoms with Crippen molar-refractivity contribution in [2.75, 3.05) is 166 Å². The van der Waals surface area contributed by atoms with Gasteiger partial charge in [0.1, 0.15) is 11.8 Å².